The van der Waals surface area contributed by atoms with Crippen LogP contribution in [0.5, 0.6) is 11.5 Å². The van der Waals surface area contributed by atoms with Crippen LogP contribution in [-0.4, -0.2) is 42.8 Å². The van der Waals surface area contributed by atoms with Crippen LogP contribution >= 0.6 is 0 Å². The average molecular weight is 473 g/mol. The zero-order chi connectivity index (χ0) is 24.8. The van der Waals surface area contributed by atoms with Gasteiger partial charge in [0.2, 0.25) is 0 Å². The van der Waals surface area contributed by atoms with Crippen molar-refractivity contribution >= 4 is 28.9 Å². The van der Waals surface area contributed by atoms with Crippen molar-refractivity contribution in [2.75, 3.05) is 31.3 Å². The number of hydrogen-bond donors (Lipinski definition) is 2. The van der Waals surface area contributed by atoms with E-state index in [9.17, 15) is 9.59 Å². The topological polar surface area (TPSA) is 106 Å². The Kier molecular flexibility index (Phi) is 7.30. The molecular formula is C27H28N4O4. The van der Waals surface area contributed by atoms with Crippen molar-refractivity contribution in [3.63, 3.8) is 0 Å². The monoisotopic (exact) mass is 472 g/mol. The summed E-state index contributed by atoms with van der Waals surface area (Å²) in [5, 5.41) is 8.93. The Hall–Kier alpha value is -4.33. The maximum atomic E-state index is 13.1. The fourth-order valence-corrected chi connectivity index (χ4v) is 3.84. The molecule has 0 saturated heterocycles. The molecule has 0 spiro atoms. The average Bonchev–Trinajstić information content (AvgIpc) is 2.89. The summed E-state index contributed by atoms with van der Waals surface area (Å²) in [6.45, 7) is 2.97. The Morgan fingerprint density at radius 1 is 1.03 bits per heavy atom. The summed E-state index contributed by atoms with van der Waals surface area (Å²) in [5.74, 6) is 0.833. The molecule has 0 atom stereocenters. The molecule has 3 N–H and O–H groups in total. The van der Waals surface area contributed by atoms with E-state index in [2.05, 4.69) is 10.4 Å². The van der Waals surface area contributed by atoms with Gasteiger partial charge < -0.3 is 20.5 Å². The summed E-state index contributed by atoms with van der Waals surface area (Å²) >= 11 is 0. The number of nitrogens with one attached hydrogen (secondary N) is 1. The van der Waals surface area contributed by atoms with Gasteiger partial charge in [0.05, 0.1) is 19.4 Å². The molecule has 4 rings (SSSR count). The lowest BCUT2D eigenvalue weighted by Crippen LogP contribution is -2.32. The lowest BCUT2D eigenvalue weighted by atomic mass is 10.0. The molecular weight excluding hydrogens is 444 g/mol. The van der Waals surface area contributed by atoms with E-state index >= 15 is 0 Å². The first-order valence-electron chi connectivity index (χ1n) is 11.5. The van der Waals surface area contributed by atoms with E-state index in [1.54, 1.807) is 55.6 Å². The van der Waals surface area contributed by atoms with Crippen LogP contribution < -0.4 is 20.5 Å². The summed E-state index contributed by atoms with van der Waals surface area (Å²) in [7, 11) is 1.60. The number of benzene rings is 3. The molecule has 0 radical (unpaired) electrons. The number of ether oxygens (including phenoxy) is 2. The Morgan fingerprint density at radius 3 is 2.54 bits per heavy atom. The quantitative estimate of drug-likeness (QED) is 0.490. The van der Waals surface area contributed by atoms with Gasteiger partial charge in [0, 0.05) is 34.6 Å². The number of nitrogens with two attached hydrogens (primary N) is 1. The zero-order valence-corrected chi connectivity index (χ0v) is 19.8. The number of anilines is 2. The van der Waals surface area contributed by atoms with Crippen LogP contribution in [-0.2, 0) is 0 Å². The molecule has 8 heteroatoms. The highest BCUT2D eigenvalue weighted by Gasteiger charge is 2.21. The predicted molar refractivity (Wildman–Crippen MR) is 136 cm³/mol. The van der Waals surface area contributed by atoms with Crippen LogP contribution in [0.3, 0.4) is 0 Å². The number of amides is 2. The Balaban J connectivity index is 1.47. The number of carbonyl (C=O) groups is 2. The van der Waals surface area contributed by atoms with Crippen molar-refractivity contribution in [1.82, 2.24) is 5.01 Å². The summed E-state index contributed by atoms with van der Waals surface area (Å²) < 4.78 is 11.0. The van der Waals surface area contributed by atoms with E-state index in [0.717, 1.165) is 24.1 Å². The second kappa shape index (κ2) is 10.7. The van der Waals surface area contributed by atoms with Gasteiger partial charge in [-0.2, -0.15) is 5.10 Å². The van der Waals surface area contributed by atoms with Crippen molar-refractivity contribution < 1.29 is 19.1 Å². The largest absolute Gasteiger partial charge is 0.493 e. The second-order valence-corrected chi connectivity index (χ2v) is 8.03. The van der Waals surface area contributed by atoms with Crippen molar-refractivity contribution in [1.29, 1.82) is 0 Å². The Bertz CT molecular complexity index is 1250. The molecule has 1 aliphatic heterocycles. The molecule has 2 amide bonds. The molecule has 3 aromatic rings. The lowest BCUT2D eigenvalue weighted by Gasteiger charge is -2.24. The SMILES string of the molecule is CCOc1cc(C2=NN(C(=O)c3ccc(NC(=O)c4cccc(N)c4)cc3)CCC2)ccc1OC. The molecule has 1 aliphatic rings. The maximum absolute atomic E-state index is 13.1. The van der Waals surface area contributed by atoms with Gasteiger partial charge in [-0.1, -0.05) is 6.07 Å². The Labute approximate surface area is 204 Å². The molecule has 0 aromatic heterocycles. The normalized spacial score (nSPS) is 13.1. The van der Waals surface area contributed by atoms with Crippen molar-refractivity contribution in [3.05, 3.63) is 83.4 Å². The number of nitrogen functional groups attached to an aromatic ring is 1. The first-order chi connectivity index (χ1) is 17.0. The Morgan fingerprint density at radius 2 is 1.83 bits per heavy atom. The van der Waals surface area contributed by atoms with E-state index < -0.39 is 0 Å². The van der Waals surface area contributed by atoms with Gasteiger partial charge in [0.15, 0.2) is 11.5 Å². The van der Waals surface area contributed by atoms with Gasteiger partial charge in [-0.3, -0.25) is 9.59 Å². The second-order valence-electron chi connectivity index (χ2n) is 8.03. The minimum atomic E-state index is -0.271. The highest BCUT2D eigenvalue weighted by molar-refractivity contribution is 6.05. The summed E-state index contributed by atoms with van der Waals surface area (Å²) in [5.41, 5.74) is 9.51. The number of rotatable bonds is 7. The van der Waals surface area contributed by atoms with Crippen molar-refractivity contribution in [2.24, 2.45) is 5.10 Å². The van der Waals surface area contributed by atoms with Crippen LogP contribution in [0.15, 0.2) is 71.8 Å². The molecule has 180 valence electrons. The van der Waals surface area contributed by atoms with E-state index in [1.165, 1.54) is 5.01 Å². The van der Waals surface area contributed by atoms with Gasteiger partial charge in [0.25, 0.3) is 11.8 Å². The fourth-order valence-electron chi connectivity index (χ4n) is 3.84. The van der Waals surface area contributed by atoms with Crippen molar-refractivity contribution in [2.45, 2.75) is 19.8 Å². The molecule has 8 nitrogen and oxygen atoms in total. The van der Waals surface area contributed by atoms with Crippen LogP contribution in [0.1, 0.15) is 46.0 Å². The highest BCUT2D eigenvalue weighted by atomic mass is 16.5. The first-order valence-corrected chi connectivity index (χ1v) is 11.5. The van der Waals surface area contributed by atoms with Gasteiger partial charge in [-0.15, -0.1) is 0 Å². The molecule has 0 bridgehead atoms. The summed E-state index contributed by atoms with van der Waals surface area (Å²) in [4.78, 5) is 25.5. The standard InChI is InChI=1S/C27H28N4O4/c1-3-35-25-17-19(11-14-24(25)34-2)23-8-5-15-31(30-23)27(33)18-9-12-22(13-10-18)29-26(32)20-6-4-7-21(28)16-20/h4,6-7,9-14,16-17H,3,5,8,15,28H2,1-2H3,(H,29,32). The number of carbonyl (C=O) groups excluding carboxylic acids is 2. The van der Waals surface area contributed by atoms with Crippen LogP contribution in [0.25, 0.3) is 0 Å². The smallest absolute Gasteiger partial charge is 0.273 e. The molecule has 0 unspecified atom stereocenters. The first kappa shape index (κ1) is 23.8. The molecule has 3 aromatic carbocycles. The molecule has 0 fully saturated rings. The lowest BCUT2D eigenvalue weighted by molar-refractivity contribution is 0.0751. The molecule has 35 heavy (non-hydrogen) atoms. The summed E-state index contributed by atoms with van der Waals surface area (Å²) in [6.07, 6.45) is 1.56. The van der Waals surface area contributed by atoms with Crippen molar-refractivity contribution in [3.8, 4) is 11.5 Å². The van der Waals surface area contributed by atoms with E-state index in [4.69, 9.17) is 15.2 Å². The molecule has 0 saturated carbocycles. The van der Waals surface area contributed by atoms with Crippen LogP contribution in [0.4, 0.5) is 11.4 Å². The minimum absolute atomic E-state index is 0.200. The van der Waals surface area contributed by atoms with E-state index in [0.29, 0.717) is 47.2 Å². The molecule has 1 heterocycles. The van der Waals surface area contributed by atoms with E-state index in [1.807, 2.05) is 25.1 Å². The number of hydrazone groups is 1. The molecule has 0 aliphatic carbocycles. The van der Waals surface area contributed by atoms with Crippen LogP contribution in [0.2, 0.25) is 0 Å². The summed E-state index contributed by atoms with van der Waals surface area (Å²) in [6, 6.07) is 19.2. The van der Waals surface area contributed by atoms with Crippen LogP contribution in [0, 0.1) is 0 Å². The van der Waals surface area contributed by atoms with Gasteiger partial charge >= 0.3 is 0 Å². The van der Waals surface area contributed by atoms with Gasteiger partial charge in [-0.05, 0) is 80.4 Å². The third-order valence-corrected chi connectivity index (χ3v) is 5.59. The van der Waals surface area contributed by atoms with E-state index in [-0.39, 0.29) is 11.8 Å². The predicted octanol–water partition coefficient (Wildman–Crippen LogP) is 4.57. The minimum Gasteiger partial charge on any atom is -0.493 e. The third kappa shape index (κ3) is 5.60. The van der Waals surface area contributed by atoms with Gasteiger partial charge in [-0.25, -0.2) is 5.01 Å². The maximum Gasteiger partial charge on any atom is 0.273 e. The number of methoxy groups -OCH3 is 1. The van der Waals surface area contributed by atoms with Gasteiger partial charge in [0.1, 0.15) is 0 Å². The highest BCUT2D eigenvalue weighted by Crippen LogP contribution is 2.29. The third-order valence-electron chi connectivity index (χ3n) is 5.59. The zero-order valence-electron chi connectivity index (χ0n) is 19.8. The fraction of sp³-hybridized carbons (Fsp3) is 0.222. The number of hydrogen-bond acceptors (Lipinski definition) is 6. The number of nitrogens with zero attached hydrogens (tertiary/aromatic N) is 2.